The molecule has 0 saturated carbocycles. The largest absolute Gasteiger partial charge is 0.493 e. The lowest BCUT2D eigenvalue weighted by molar-refractivity contribution is -0.156. The monoisotopic (exact) mass is 521 g/mol. The van der Waals surface area contributed by atoms with Gasteiger partial charge in [-0.2, -0.15) is 13.2 Å². The Morgan fingerprint density at radius 2 is 1.86 bits per heavy atom. The Labute approximate surface area is 213 Å². The molecule has 36 heavy (non-hydrogen) atoms. The van der Waals surface area contributed by atoms with Crippen molar-refractivity contribution >= 4 is 17.3 Å². The Morgan fingerprint density at radius 1 is 1.08 bits per heavy atom. The molecule has 1 atom stereocenters. The number of nitrogens with zero attached hydrogens (tertiary/aromatic N) is 1. The van der Waals surface area contributed by atoms with E-state index in [9.17, 15) is 18.0 Å². The van der Waals surface area contributed by atoms with Crippen LogP contribution in [0.4, 0.5) is 13.2 Å². The van der Waals surface area contributed by atoms with Crippen LogP contribution >= 0.6 is 11.3 Å². The smallest absolute Gasteiger partial charge is 0.416 e. The zero-order valence-electron chi connectivity index (χ0n) is 20.8. The van der Waals surface area contributed by atoms with Crippen LogP contribution in [0.2, 0.25) is 0 Å². The molecule has 1 heterocycles. The molecular formula is C27H30F3NO4S. The number of alkyl halides is 3. The molecule has 0 aliphatic rings. The fourth-order valence-electron chi connectivity index (χ4n) is 3.71. The first-order valence-corrected chi connectivity index (χ1v) is 12.6. The Morgan fingerprint density at radius 3 is 2.53 bits per heavy atom. The number of hydrogen-bond acceptors (Lipinski definition) is 6. The lowest BCUT2D eigenvalue weighted by atomic mass is 10.0. The lowest BCUT2D eigenvalue weighted by Gasteiger charge is -2.17. The second-order valence-electron chi connectivity index (χ2n) is 8.19. The van der Waals surface area contributed by atoms with E-state index in [1.54, 1.807) is 13.0 Å². The number of hydrogen-bond donors (Lipinski definition) is 0. The van der Waals surface area contributed by atoms with Crippen molar-refractivity contribution < 1.29 is 32.2 Å². The Hall–Kier alpha value is -2.91. The predicted octanol–water partition coefficient (Wildman–Crippen LogP) is 6.58. The van der Waals surface area contributed by atoms with Crippen LogP contribution in [0.3, 0.4) is 0 Å². The van der Waals surface area contributed by atoms with Crippen molar-refractivity contribution in [1.82, 2.24) is 4.98 Å². The molecule has 0 aliphatic carbocycles. The SMILES string of the molecule is CCOC(=O)C(Cc1ccc(OCCc2sc(-c3cccc(C(F)(F)F)c3)nc2C)cc1C)OCC. The zero-order valence-corrected chi connectivity index (χ0v) is 21.6. The predicted molar refractivity (Wildman–Crippen MR) is 133 cm³/mol. The molecule has 3 aromatic rings. The van der Waals surface area contributed by atoms with E-state index in [0.717, 1.165) is 33.8 Å². The number of ether oxygens (including phenoxy) is 3. The third-order valence-corrected chi connectivity index (χ3v) is 6.83. The van der Waals surface area contributed by atoms with Gasteiger partial charge in [0.05, 0.1) is 24.5 Å². The van der Waals surface area contributed by atoms with Crippen molar-refractivity contribution in [1.29, 1.82) is 0 Å². The topological polar surface area (TPSA) is 57.7 Å². The highest BCUT2D eigenvalue weighted by molar-refractivity contribution is 7.15. The molecule has 0 bridgehead atoms. The van der Waals surface area contributed by atoms with Crippen molar-refractivity contribution in [3.05, 3.63) is 69.7 Å². The molecule has 1 aromatic heterocycles. The highest BCUT2D eigenvalue weighted by Crippen LogP contribution is 2.34. The van der Waals surface area contributed by atoms with E-state index in [-0.39, 0.29) is 5.97 Å². The van der Waals surface area contributed by atoms with E-state index in [1.165, 1.54) is 17.4 Å². The summed E-state index contributed by atoms with van der Waals surface area (Å²) in [6.07, 6.45) is -4.05. The van der Waals surface area contributed by atoms with Crippen LogP contribution < -0.4 is 4.74 Å². The van der Waals surface area contributed by atoms with Crippen molar-refractivity contribution in [2.45, 2.75) is 52.8 Å². The molecule has 0 spiro atoms. The second-order valence-corrected chi connectivity index (χ2v) is 9.28. The maximum absolute atomic E-state index is 13.1. The van der Waals surface area contributed by atoms with E-state index in [4.69, 9.17) is 14.2 Å². The molecule has 3 rings (SSSR count). The summed E-state index contributed by atoms with van der Waals surface area (Å²) in [5, 5.41) is 0.555. The first-order chi connectivity index (χ1) is 17.1. The van der Waals surface area contributed by atoms with Gasteiger partial charge in [-0.05, 0) is 63.1 Å². The number of rotatable bonds is 11. The van der Waals surface area contributed by atoms with Gasteiger partial charge in [-0.15, -0.1) is 11.3 Å². The average molecular weight is 522 g/mol. The van der Waals surface area contributed by atoms with Crippen LogP contribution in [0.25, 0.3) is 10.6 Å². The minimum Gasteiger partial charge on any atom is -0.493 e. The van der Waals surface area contributed by atoms with Gasteiger partial charge in [0.2, 0.25) is 0 Å². The molecular weight excluding hydrogens is 491 g/mol. The first-order valence-electron chi connectivity index (χ1n) is 11.8. The van der Waals surface area contributed by atoms with Crippen LogP contribution in [-0.2, 0) is 33.3 Å². The van der Waals surface area contributed by atoms with E-state index < -0.39 is 17.8 Å². The van der Waals surface area contributed by atoms with Crippen LogP contribution in [0.15, 0.2) is 42.5 Å². The molecule has 5 nitrogen and oxygen atoms in total. The van der Waals surface area contributed by atoms with Gasteiger partial charge in [0.15, 0.2) is 6.10 Å². The Kier molecular flexibility index (Phi) is 9.50. The summed E-state index contributed by atoms with van der Waals surface area (Å²) in [6.45, 7) is 8.51. The number of halogens is 3. The summed E-state index contributed by atoms with van der Waals surface area (Å²) < 4.78 is 55.7. The number of esters is 1. The normalized spacial score (nSPS) is 12.4. The van der Waals surface area contributed by atoms with Gasteiger partial charge < -0.3 is 14.2 Å². The molecule has 2 aromatic carbocycles. The van der Waals surface area contributed by atoms with Crippen LogP contribution in [-0.4, -0.2) is 36.9 Å². The summed E-state index contributed by atoms with van der Waals surface area (Å²) >= 11 is 1.37. The van der Waals surface area contributed by atoms with Gasteiger partial charge in [-0.25, -0.2) is 9.78 Å². The molecule has 0 amide bonds. The van der Waals surface area contributed by atoms with Crippen molar-refractivity contribution in [3.63, 3.8) is 0 Å². The zero-order chi connectivity index (χ0) is 26.3. The van der Waals surface area contributed by atoms with Gasteiger partial charge in [0, 0.05) is 29.9 Å². The van der Waals surface area contributed by atoms with E-state index in [0.29, 0.717) is 49.0 Å². The molecule has 194 valence electrons. The van der Waals surface area contributed by atoms with Gasteiger partial charge in [-0.1, -0.05) is 18.2 Å². The van der Waals surface area contributed by atoms with Crippen LogP contribution in [0.5, 0.6) is 5.75 Å². The van der Waals surface area contributed by atoms with E-state index >= 15 is 0 Å². The van der Waals surface area contributed by atoms with E-state index in [2.05, 4.69) is 4.98 Å². The Bertz CT molecular complexity index is 1180. The molecule has 0 saturated heterocycles. The second kappa shape index (κ2) is 12.4. The maximum atomic E-state index is 13.1. The standard InChI is InChI=1S/C27H30F3NO4S/c1-5-33-23(26(32)34-6-2)16-19-10-11-22(14-17(19)3)35-13-12-24-18(4)31-25(36-24)20-8-7-9-21(15-20)27(28,29)30/h7-11,14-15,23H,5-6,12-13,16H2,1-4H3. The van der Waals surface area contributed by atoms with Crippen molar-refractivity contribution in [2.24, 2.45) is 0 Å². The maximum Gasteiger partial charge on any atom is 0.416 e. The van der Waals surface area contributed by atoms with Crippen molar-refractivity contribution in [3.8, 4) is 16.3 Å². The number of carbonyl (C=O) groups is 1. The quantitative estimate of drug-likeness (QED) is 0.267. The fraction of sp³-hybridized carbons (Fsp3) is 0.407. The minimum atomic E-state index is -4.39. The summed E-state index contributed by atoms with van der Waals surface area (Å²) in [7, 11) is 0. The van der Waals surface area contributed by atoms with Crippen LogP contribution in [0, 0.1) is 13.8 Å². The first kappa shape index (κ1) is 27.7. The third-order valence-electron chi connectivity index (χ3n) is 5.56. The average Bonchev–Trinajstić information content (AvgIpc) is 3.20. The lowest BCUT2D eigenvalue weighted by Crippen LogP contribution is -2.29. The highest BCUT2D eigenvalue weighted by Gasteiger charge is 2.30. The number of thiazole rings is 1. The minimum absolute atomic E-state index is 0.300. The molecule has 0 N–H and O–H groups in total. The molecule has 0 fully saturated rings. The van der Waals surface area contributed by atoms with Gasteiger partial charge in [0.1, 0.15) is 10.8 Å². The van der Waals surface area contributed by atoms with Crippen LogP contribution in [0.1, 0.15) is 41.1 Å². The summed E-state index contributed by atoms with van der Waals surface area (Å²) in [6, 6.07) is 10.9. The summed E-state index contributed by atoms with van der Waals surface area (Å²) in [5.41, 5.74) is 2.49. The Balaban J connectivity index is 1.62. The summed E-state index contributed by atoms with van der Waals surface area (Å²) in [5.74, 6) is 0.323. The number of aryl methyl sites for hydroxylation is 2. The molecule has 1 unspecified atom stereocenters. The van der Waals surface area contributed by atoms with Gasteiger partial charge in [0.25, 0.3) is 0 Å². The molecule has 9 heteroatoms. The third kappa shape index (κ3) is 7.30. The van der Waals surface area contributed by atoms with E-state index in [1.807, 2.05) is 39.0 Å². The molecule has 0 radical (unpaired) electrons. The molecule has 0 aliphatic heterocycles. The number of carbonyl (C=O) groups excluding carboxylic acids is 1. The van der Waals surface area contributed by atoms with Crippen molar-refractivity contribution in [2.75, 3.05) is 19.8 Å². The highest BCUT2D eigenvalue weighted by atomic mass is 32.1. The number of aromatic nitrogens is 1. The van der Waals surface area contributed by atoms with Gasteiger partial charge >= 0.3 is 12.1 Å². The summed E-state index contributed by atoms with van der Waals surface area (Å²) in [4.78, 5) is 17.6. The van der Waals surface area contributed by atoms with Gasteiger partial charge in [-0.3, -0.25) is 0 Å². The number of benzene rings is 2. The fourth-order valence-corrected chi connectivity index (χ4v) is 4.75.